The summed E-state index contributed by atoms with van der Waals surface area (Å²) in [4.78, 5) is 21.2. The summed E-state index contributed by atoms with van der Waals surface area (Å²) in [6, 6.07) is 3.57. The molecule has 0 aromatic carbocycles. The molecule has 3 aromatic rings. The van der Waals surface area contributed by atoms with Crippen molar-refractivity contribution in [3.05, 3.63) is 36.3 Å². The minimum absolute atomic E-state index is 0.0171. The first-order valence-corrected chi connectivity index (χ1v) is 11.8. The predicted octanol–water partition coefficient (Wildman–Crippen LogP) is 2.71. The van der Waals surface area contributed by atoms with Gasteiger partial charge in [-0.05, 0) is 35.9 Å². The smallest absolute Gasteiger partial charge is 0.227 e. The number of alkyl halides is 2. The van der Waals surface area contributed by atoms with Crippen LogP contribution in [0.5, 0.6) is 0 Å². The number of halogens is 2. The fourth-order valence-corrected chi connectivity index (χ4v) is 4.57. The van der Waals surface area contributed by atoms with Gasteiger partial charge < -0.3 is 25.3 Å². The van der Waals surface area contributed by atoms with Crippen LogP contribution in [0.4, 0.5) is 32.2 Å². The zero-order valence-electron chi connectivity index (χ0n) is 19.8. The fourth-order valence-electron chi connectivity index (χ4n) is 4.57. The maximum Gasteiger partial charge on any atom is 0.227 e. The number of pyridine rings is 2. The quantitative estimate of drug-likeness (QED) is 0.502. The topological polar surface area (TPSA) is 111 Å². The summed E-state index contributed by atoms with van der Waals surface area (Å²) >= 11 is 0. The molecule has 35 heavy (non-hydrogen) atoms. The lowest BCUT2D eigenvalue weighted by molar-refractivity contribution is 0.000909. The van der Waals surface area contributed by atoms with E-state index in [-0.39, 0.29) is 37.1 Å². The second-order valence-electron chi connectivity index (χ2n) is 9.56. The van der Waals surface area contributed by atoms with Gasteiger partial charge in [0.15, 0.2) is 0 Å². The third-order valence-corrected chi connectivity index (χ3v) is 6.82. The van der Waals surface area contributed by atoms with Crippen molar-refractivity contribution in [2.45, 2.75) is 57.3 Å². The SMILES string of the molecule is CC(C)c1cnc(N2C[C@H](O)[C@H]2C)c2cnc(Nc3ccnc(N4C[C@@H](F)C(O)[C@@H](F)C4)n3)cc12. The van der Waals surface area contributed by atoms with E-state index in [0.717, 1.165) is 22.2 Å². The van der Waals surface area contributed by atoms with Crippen LogP contribution in [0, 0.1) is 0 Å². The van der Waals surface area contributed by atoms with Gasteiger partial charge in [0.25, 0.3) is 0 Å². The van der Waals surface area contributed by atoms with Crippen molar-refractivity contribution >= 4 is 34.2 Å². The molecule has 3 aromatic heterocycles. The number of nitrogens with zero attached hydrogens (tertiary/aromatic N) is 6. The number of aromatic nitrogens is 4. The Labute approximate surface area is 201 Å². The summed E-state index contributed by atoms with van der Waals surface area (Å²) in [5.41, 5.74) is 1.07. The Morgan fingerprint density at radius 3 is 2.40 bits per heavy atom. The van der Waals surface area contributed by atoms with E-state index in [9.17, 15) is 19.0 Å². The van der Waals surface area contributed by atoms with Crippen molar-refractivity contribution in [2.75, 3.05) is 34.8 Å². The van der Waals surface area contributed by atoms with Crippen LogP contribution in [0.2, 0.25) is 0 Å². The van der Waals surface area contributed by atoms with Crippen molar-refractivity contribution in [1.29, 1.82) is 0 Å². The largest absolute Gasteiger partial charge is 0.389 e. The van der Waals surface area contributed by atoms with Crippen molar-refractivity contribution in [3.8, 4) is 0 Å². The number of piperidine rings is 1. The number of hydrogen-bond acceptors (Lipinski definition) is 9. The number of rotatable bonds is 5. The maximum absolute atomic E-state index is 14.0. The van der Waals surface area contributed by atoms with Crippen LogP contribution in [0.3, 0.4) is 0 Å². The van der Waals surface area contributed by atoms with Gasteiger partial charge in [0, 0.05) is 30.5 Å². The monoisotopic (exact) mass is 485 g/mol. The zero-order chi connectivity index (χ0) is 24.9. The number of β-amino-alcohol motifs (C(OH)–C–C–N with tert-alkyl or cyclic N) is 1. The molecule has 0 amide bonds. The van der Waals surface area contributed by atoms with Crippen molar-refractivity contribution < 1.29 is 19.0 Å². The Morgan fingerprint density at radius 2 is 1.74 bits per heavy atom. The molecule has 0 aliphatic carbocycles. The highest BCUT2D eigenvalue weighted by Crippen LogP contribution is 2.36. The zero-order valence-corrected chi connectivity index (χ0v) is 19.8. The Kier molecular flexibility index (Phi) is 6.14. The third kappa shape index (κ3) is 4.34. The molecule has 0 bridgehead atoms. The van der Waals surface area contributed by atoms with Gasteiger partial charge in [-0.2, -0.15) is 4.98 Å². The Balaban J connectivity index is 1.44. The van der Waals surface area contributed by atoms with Gasteiger partial charge in [-0.25, -0.2) is 23.7 Å². The van der Waals surface area contributed by atoms with E-state index in [1.54, 1.807) is 12.3 Å². The minimum Gasteiger partial charge on any atom is -0.389 e. The van der Waals surface area contributed by atoms with Crippen molar-refractivity contribution in [1.82, 2.24) is 19.9 Å². The standard InChI is InChI=1S/C24H29F2N7O2/c1-12(2)15-7-29-23(33-11-19(34)13(33)3)16-8-28-21(6-14(15)16)30-20-4-5-27-24(31-20)32-9-17(25)22(35)18(26)10-32/h4-8,12-13,17-19,22,34-35H,9-11H2,1-3H3,(H,27,28,30,31)/t13-,17-,18+,19+,22?/m1/s1. The summed E-state index contributed by atoms with van der Waals surface area (Å²) in [5.74, 6) is 2.18. The third-order valence-electron chi connectivity index (χ3n) is 6.82. The summed E-state index contributed by atoms with van der Waals surface area (Å²) in [6.45, 7) is 6.32. The van der Waals surface area contributed by atoms with E-state index in [1.165, 1.54) is 11.1 Å². The fraction of sp³-hybridized carbons (Fsp3) is 0.500. The lowest BCUT2D eigenvalue weighted by Crippen LogP contribution is -2.59. The van der Waals surface area contributed by atoms with Crippen LogP contribution in [0.25, 0.3) is 10.8 Å². The maximum atomic E-state index is 14.0. The summed E-state index contributed by atoms with van der Waals surface area (Å²) in [7, 11) is 0. The average molecular weight is 486 g/mol. The van der Waals surface area contributed by atoms with Crippen LogP contribution in [0.15, 0.2) is 30.7 Å². The lowest BCUT2D eigenvalue weighted by atomic mass is 9.96. The first-order chi connectivity index (χ1) is 16.7. The molecule has 5 atom stereocenters. The molecule has 5 rings (SSSR count). The predicted molar refractivity (Wildman–Crippen MR) is 130 cm³/mol. The first-order valence-electron chi connectivity index (χ1n) is 11.8. The molecule has 11 heteroatoms. The van der Waals surface area contributed by atoms with Gasteiger partial charge in [-0.15, -0.1) is 0 Å². The van der Waals surface area contributed by atoms with Crippen LogP contribution in [-0.2, 0) is 0 Å². The molecular formula is C24H29F2N7O2. The highest BCUT2D eigenvalue weighted by molar-refractivity contribution is 5.96. The van der Waals surface area contributed by atoms with Gasteiger partial charge in [0.05, 0.1) is 25.2 Å². The van der Waals surface area contributed by atoms with Crippen molar-refractivity contribution in [2.24, 2.45) is 0 Å². The molecule has 2 fully saturated rings. The van der Waals surface area contributed by atoms with E-state index in [0.29, 0.717) is 18.2 Å². The van der Waals surface area contributed by atoms with Gasteiger partial charge in [0.2, 0.25) is 5.95 Å². The first kappa shape index (κ1) is 23.6. The summed E-state index contributed by atoms with van der Waals surface area (Å²) in [5, 5.41) is 24.6. The molecule has 2 saturated heterocycles. The molecule has 5 heterocycles. The van der Waals surface area contributed by atoms with E-state index in [1.807, 2.05) is 19.2 Å². The average Bonchev–Trinajstić information content (AvgIpc) is 2.84. The Bertz CT molecular complexity index is 1220. The molecule has 0 saturated carbocycles. The van der Waals surface area contributed by atoms with Crippen LogP contribution in [-0.4, -0.2) is 80.4 Å². The second kappa shape index (κ2) is 9.12. The molecule has 186 valence electrons. The van der Waals surface area contributed by atoms with E-state index in [2.05, 4.69) is 44.0 Å². The molecule has 2 aliphatic rings. The molecular weight excluding hydrogens is 456 g/mol. The number of hydrogen-bond donors (Lipinski definition) is 3. The second-order valence-corrected chi connectivity index (χ2v) is 9.56. The van der Waals surface area contributed by atoms with Crippen molar-refractivity contribution in [3.63, 3.8) is 0 Å². The Morgan fingerprint density at radius 1 is 1.00 bits per heavy atom. The van der Waals surface area contributed by atoms with Crippen LogP contribution in [0.1, 0.15) is 32.3 Å². The lowest BCUT2D eigenvalue weighted by Gasteiger charge is -2.44. The molecule has 9 nitrogen and oxygen atoms in total. The highest BCUT2D eigenvalue weighted by atomic mass is 19.1. The minimum atomic E-state index is -1.71. The van der Waals surface area contributed by atoms with Crippen LogP contribution < -0.4 is 15.1 Å². The number of fused-ring (bicyclic) bond motifs is 1. The number of aliphatic hydroxyl groups excluding tert-OH is 2. The molecule has 2 aliphatic heterocycles. The number of aliphatic hydroxyl groups is 2. The Hall–Kier alpha value is -3.18. The van der Waals surface area contributed by atoms with Gasteiger partial charge in [-0.3, -0.25) is 0 Å². The number of nitrogens with one attached hydrogen (secondary N) is 1. The summed E-state index contributed by atoms with van der Waals surface area (Å²) < 4.78 is 28.0. The van der Waals surface area contributed by atoms with Crippen LogP contribution >= 0.6 is 0 Å². The molecule has 3 N–H and O–H groups in total. The normalized spacial score (nSPS) is 26.8. The molecule has 0 spiro atoms. The van der Waals surface area contributed by atoms with E-state index >= 15 is 0 Å². The van der Waals surface area contributed by atoms with Gasteiger partial charge >= 0.3 is 0 Å². The van der Waals surface area contributed by atoms with Gasteiger partial charge in [-0.1, -0.05) is 13.8 Å². The molecule has 0 radical (unpaired) electrons. The van der Waals surface area contributed by atoms with Gasteiger partial charge in [0.1, 0.15) is 35.9 Å². The molecule has 1 unspecified atom stereocenters. The number of anilines is 4. The summed E-state index contributed by atoms with van der Waals surface area (Å²) in [6.07, 6.45) is -0.291. The van der Waals surface area contributed by atoms with E-state index in [4.69, 9.17) is 0 Å². The van der Waals surface area contributed by atoms with E-state index < -0.39 is 18.4 Å². The highest BCUT2D eigenvalue weighted by Gasteiger charge is 2.37.